The number of hydrogen-bond donors (Lipinski definition) is 1. The zero-order chi connectivity index (χ0) is 14.0. The van der Waals surface area contributed by atoms with Crippen LogP contribution in [0.25, 0.3) is 0 Å². The molecule has 19 heavy (non-hydrogen) atoms. The fraction of sp³-hybridized carbons (Fsp3) is 0.750. The number of H-pyrrole nitrogens is 1. The molecule has 1 aliphatic rings. The molecule has 0 atom stereocenters. The normalized spacial score (nSPS) is 16.6. The minimum absolute atomic E-state index is 0.170. The Kier molecular flexibility index (Phi) is 4.25. The van der Waals surface area contributed by atoms with Crippen LogP contribution in [0.15, 0.2) is 0 Å². The summed E-state index contributed by atoms with van der Waals surface area (Å²) >= 11 is 6.35. The Hall–Kier alpha value is -0.950. The van der Waals surface area contributed by atoms with E-state index >= 15 is 0 Å². The maximum atomic E-state index is 12.4. The van der Waals surface area contributed by atoms with Crippen LogP contribution in [0.2, 0.25) is 0 Å². The molecule has 1 aromatic rings. The van der Waals surface area contributed by atoms with Crippen LogP contribution in [0.1, 0.15) is 46.5 Å². The van der Waals surface area contributed by atoms with Gasteiger partial charge < -0.3 is 4.74 Å². The van der Waals surface area contributed by atoms with E-state index in [1.165, 1.54) is 11.3 Å². The SMILES string of the molecule is CC(C)(C)OC(=O)N(c1n[nH]c(=S)s1)C1CCCC1. The molecule has 1 N–H and O–H groups in total. The van der Waals surface area contributed by atoms with Crippen LogP contribution in [0.3, 0.4) is 0 Å². The zero-order valence-electron chi connectivity index (χ0n) is 11.4. The van der Waals surface area contributed by atoms with Crippen molar-refractivity contribution in [3.05, 3.63) is 3.95 Å². The van der Waals surface area contributed by atoms with Crippen LogP contribution < -0.4 is 4.90 Å². The van der Waals surface area contributed by atoms with E-state index in [4.69, 9.17) is 17.0 Å². The lowest BCUT2D eigenvalue weighted by atomic mass is 10.2. The second-order valence-electron chi connectivity index (χ2n) is 5.68. The summed E-state index contributed by atoms with van der Waals surface area (Å²) in [5.74, 6) is 0. The van der Waals surface area contributed by atoms with Crippen LogP contribution in [0, 0.1) is 3.95 Å². The first kappa shape index (κ1) is 14.5. The Balaban J connectivity index is 2.23. The molecule has 0 bridgehead atoms. The highest BCUT2D eigenvalue weighted by molar-refractivity contribution is 7.73. The third kappa shape index (κ3) is 3.76. The topological polar surface area (TPSA) is 58.2 Å². The quantitative estimate of drug-likeness (QED) is 0.842. The number of amides is 1. The Bertz CT molecular complexity index is 498. The lowest BCUT2D eigenvalue weighted by Crippen LogP contribution is -2.42. The number of rotatable bonds is 2. The highest BCUT2D eigenvalue weighted by atomic mass is 32.1. The second kappa shape index (κ2) is 5.58. The number of aromatic amines is 1. The minimum atomic E-state index is -0.508. The lowest BCUT2D eigenvalue weighted by molar-refractivity contribution is 0.0565. The minimum Gasteiger partial charge on any atom is -0.443 e. The predicted octanol–water partition coefficient (Wildman–Crippen LogP) is 3.88. The van der Waals surface area contributed by atoms with E-state index in [0.29, 0.717) is 9.09 Å². The highest BCUT2D eigenvalue weighted by Gasteiger charge is 2.33. The molecule has 0 aromatic carbocycles. The standard InChI is InChI=1S/C12H19N3O2S2/c1-12(2,3)17-11(16)15(8-6-4-5-7-8)9-13-14-10(18)19-9/h8H,4-7H2,1-3H3,(H,14,18). The molecule has 0 unspecified atom stereocenters. The van der Waals surface area contributed by atoms with Crippen molar-refractivity contribution in [2.45, 2.75) is 58.1 Å². The molecule has 7 heteroatoms. The first-order chi connectivity index (χ1) is 8.87. The zero-order valence-corrected chi connectivity index (χ0v) is 13.1. The van der Waals surface area contributed by atoms with Gasteiger partial charge in [-0.05, 0) is 45.8 Å². The molecule has 0 saturated heterocycles. The van der Waals surface area contributed by atoms with Crippen molar-refractivity contribution in [2.24, 2.45) is 0 Å². The van der Waals surface area contributed by atoms with E-state index in [1.54, 1.807) is 4.90 Å². The van der Waals surface area contributed by atoms with Crippen molar-refractivity contribution in [1.82, 2.24) is 10.2 Å². The number of aromatic nitrogens is 2. The van der Waals surface area contributed by atoms with Gasteiger partial charge in [0.05, 0.1) is 0 Å². The van der Waals surface area contributed by atoms with E-state index in [0.717, 1.165) is 25.7 Å². The largest absolute Gasteiger partial charge is 0.443 e. The molecule has 1 heterocycles. The van der Waals surface area contributed by atoms with Gasteiger partial charge in [0.15, 0.2) is 3.95 Å². The molecule has 0 spiro atoms. The van der Waals surface area contributed by atoms with Gasteiger partial charge in [-0.3, -0.25) is 5.10 Å². The van der Waals surface area contributed by atoms with Gasteiger partial charge in [-0.1, -0.05) is 24.2 Å². The number of hydrogen-bond acceptors (Lipinski definition) is 5. The summed E-state index contributed by atoms with van der Waals surface area (Å²) in [5.41, 5.74) is -0.508. The number of carbonyl (C=O) groups excluding carboxylic acids is 1. The van der Waals surface area contributed by atoms with Crippen molar-refractivity contribution in [1.29, 1.82) is 0 Å². The van der Waals surface area contributed by atoms with Crippen LogP contribution >= 0.6 is 23.6 Å². The van der Waals surface area contributed by atoms with Gasteiger partial charge in [0, 0.05) is 6.04 Å². The molecule has 0 aliphatic heterocycles. The van der Waals surface area contributed by atoms with Gasteiger partial charge in [-0.15, -0.1) is 5.10 Å². The molecule has 2 rings (SSSR count). The van der Waals surface area contributed by atoms with E-state index in [2.05, 4.69) is 10.2 Å². The summed E-state index contributed by atoms with van der Waals surface area (Å²) < 4.78 is 6.05. The van der Waals surface area contributed by atoms with E-state index < -0.39 is 5.60 Å². The first-order valence-corrected chi connectivity index (χ1v) is 7.67. The third-order valence-corrected chi connectivity index (χ3v) is 4.00. The second-order valence-corrected chi connectivity index (χ2v) is 7.33. The van der Waals surface area contributed by atoms with Gasteiger partial charge in [0.2, 0.25) is 5.13 Å². The molecule has 1 aliphatic carbocycles. The summed E-state index contributed by atoms with van der Waals surface area (Å²) in [6.45, 7) is 5.60. The van der Waals surface area contributed by atoms with Crippen LogP contribution in [0.4, 0.5) is 9.93 Å². The number of nitrogens with one attached hydrogen (secondary N) is 1. The molecule has 1 fully saturated rings. The van der Waals surface area contributed by atoms with Crippen LogP contribution in [-0.4, -0.2) is 27.9 Å². The number of carbonyl (C=O) groups is 1. The van der Waals surface area contributed by atoms with Gasteiger partial charge in [0.25, 0.3) is 0 Å². The first-order valence-electron chi connectivity index (χ1n) is 6.44. The smallest absolute Gasteiger partial charge is 0.416 e. The molecule has 0 radical (unpaired) electrons. The lowest BCUT2D eigenvalue weighted by Gasteiger charge is -2.29. The van der Waals surface area contributed by atoms with Gasteiger partial charge >= 0.3 is 6.09 Å². The van der Waals surface area contributed by atoms with Crippen molar-refractivity contribution in [2.75, 3.05) is 4.90 Å². The maximum Gasteiger partial charge on any atom is 0.416 e. The van der Waals surface area contributed by atoms with Crippen LogP contribution in [-0.2, 0) is 4.74 Å². The van der Waals surface area contributed by atoms with Crippen LogP contribution in [0.5, 0.6) is 0 Å². The van der Waals surface area contributed by atoms with Gasteiger partial charge in [0.1, 0.15) is 5.60 Å². The predicted molar refractivity (Wildman–Crippen MR) is 78.3 cm³/mol. The number of anilines is 1. The monoisotopic (exact) mass is 301 g/mol. The van der Waals surface area contributed by atoms with Crippen molar-refractivity contribution in [3.8, 4) is 0 Å². The Morgan fingerprint density at radius 1 is 1.47 bits per heavy atom. The molecule has 106 valence electrons. The summed E-state index contributed by atoms with van der Waals surface area (Å²) in [4.78, 5) is 14.0. The highest BCUT2D eigenvalue weighted by Crippen LogP contribution is 2.30. The fourth-order valence-corrected chi connectivity index (χ4v) is 3.12. The van der Waals surface area contributed by atoms with E-state index in [1.807, 2.05) is 20.8 Å². The Morgan fingerprint density at radius 2 is 2.11 bits per heavy atom. The number of ether oxygens (including phenoxy) is 1. The van der Waals surface area contributed by atoms with Gasteiger partial charge in [-0.25, -0.2) is 9.69 Å². The van der Waals surface area contributed by atoms with Gasteiger partial charge in [-0.2, -0.15) is 0 Å². The maximum absolute atomic E-state index is 12.4. The summed E-state index contributed by atoms with van der Waals surface area (Å²) in [7, 11) is 0. The fourth-order valence-electron chi connectivity index (χ4n) is 2.18. The Morgan fingerprint density at radius 3 is 2.58 bits per heavy atom. The molecular weight excluding hydrogens is 282 g/mol. The molecule has 5 nitrogen and oxygen atoms in total. The van der Waals surface area contributed by atoms with Crippen molar-refractivity contribution >= 4 is 34.8 Å². The molecular formula is C12H19N3O2S2. The Labute approximate surface area is 122 Å². The molecule has 1 aromatic heterocycles. The third-order valence-electron chi connectivity index (χ3n) is 2.91. The average molecular weight is 301 g/mol. The molecule has 1 saturated carbocycles. The van der Waals surface area contributed by atoms with Crippen molar-refractivity contribution in [3.63, 3.8) is 0 Å². The van der Waals surface area contributed by atoms with Crippen molar-refractivity contribution < 1.29 is 9.53 Å². The summed E-state index contributed by atoms with van der Waals surface area (Å²) in [5, 5.41) is 7.45. The summed E-state index contributed by atoms with van der Waals surface area (Å²) in [6, 6.07) is 0.170. The van der Waals surface area contributed by atoms with E-state index in [-0.39, 0.29) is 12.1 Å². The summed E-state index contributed by atoms with van der Waals surface area (Å²) in [6.07, 6.45) is 3.92. The molecule has 1 amide bonds. The number of nitrogens with zero attached hydrogens (tertiary/aromatic N) is 2. The average Bonchev–Trinajstić information content (AvgIpc) is 2.88. The van der Waals surface area contributed by atoms with E-state index in [9.17, 15) is 4.79 Å².